The van der Waals surface area contributed by atoms with E-state index in [1.54, 1.807) is 11.9 Å². The summed E-state index contributed by atoms with van der Waals surface area (Å²) >= 11 is 1.57. The predicted octanol–water partition coefficient (Wildman–Crippen LogP) is 5.09. The van der Waals surface area contributed by atoms with Crippen LogP contribution in [0.3, 0.4) is 0 Å². The van der Waals surface area contributed by atoms with Gasteiger partial charge in [0, 0.05) is 35.3 Å². The topological polar surface area (TPSA) is 57.7 Å². The Labute approximate surface area is 175 Å². The second-order valence-corrected chi connectivity index (χ2v) is 7.62. The molecule has 5 nitrogen and oxygen atoms in total. The Morgan fingerprint density at radius 1 is 0.966 bits per heavy atom. The number of aliphatic imine (C=N–C) groups is 1. The summed E-state index contributed by atoms with van der Waals surface area (Å²) in [6, 6.07) is 26.9. The first kappa shape index (κ1) is 19.4. The normalized spacial score (nSPS) is 15.5. The minimum Gasteiger partial charge on any atom is -0.388 e. The summed E-state index contributed by atoms with van der Waals surface area (Å²) in [7, 11) is 1.92. The summed E-state index contributed by atoms with van der Waals surface area (Å²) < 4.78 is 3.37. The van der Waals surface area contributed by atoms with Gasteiger partial charge >= 0.3 is 0 Å². The van der Waals surface area contributed by atoms with E-state index in [9.17, 15) is 0 Å². The fraction of sp³-hybridized carbons (Fsp3) is 0.174. The van der Waals surface area contributed by atoms with Crippen LogP contribution in [-0.4, -0.2) is 19.1 Å². The number of nitrogens with one attached hydrogen (secondary N) is 3. The first-order chi connectivity index (χ1) is 14.3. The van der Waals surface area contributed by atoms with Crippen molar-refractivity contribution in [2.24, 2.45) is 4.99 Å². The molecule has 1 aliphatic heterocycles. The van der Waals surface area contributed by atoms with Crippen LogP contribution in [0.15, 0.2) is 88.8 Å². The molecule has 0 saturated heterocycles. The maximum absolute atomic E-state index is 5.65. The Morgan fingerprint density at radius 3 is 2.55 bits per heavy atom. The summed E-state index contributed by atoms with van der Waals surface area (Å²) in [4.78, 5) is 11.5. The Kier molecular flexibility index (Phi) is 6.34. The molecule has 0 spiro atoms. The Bertz CT molecular complexity index is 960. The van der Waals surface area contributed by atoms with Crippen LogP contribution in [0.5, 0.6) is 0 Å². The van der Waals surface area contributed by atoms with Crippen LogP contribution in [0.4, 0.5) is 11.4 Å². The maximum atomic E-state index is 5.65. The van der Waals surface area contributed by atoms with Gasteiger partial charge in [0.1, 0.15) is 0 Å². The molecule has 1 atom stereocenters. The van der Waals surface area contributed by atoms with Crippen LogP contribution in [0.25, 0.3) is 0 Å². The van der Waals surface area contributed by atoms with Crippen molar-refractivity contribution in [1.29, 1.82) is 0 Å². The number of amidine groups is 1. The average Bonchev–Trinajstić information content (AvgIpc) is 3.27. The van der Waals surface area contributed by atoms with Crippen molar-refractivity contribution in [3.8, 4) is 0 Å². The third-order valence-electron chi connectivity index (χ3n) is 4.66. The highest BCUT2D eigenvalue weighted by Gasteiger charge is 2.19. The van der Waals surface area contributed by atoms with Crippen LogP contribution in [0, 0.1) is 0 Å². The van der Waals surface area contributed by atoms with Gasteiger partial charge in [-0.2, -0.15) is 0 Å². The third-order valence-corrected chi connectivity index (χ3v) is 5.48. The fourth-order valence-corrected chi connectivity index (χ4v) is 3.75. The van der Waals surface area contributed by atoms with Crippen molar-refractivity contribution in [2.75, 3.05) is 17.1 Å². The number of hydroxylamine groups is 1. The number of hydrogen-bond donors (Lipinski definition) is 3. The van der Waals surface area contributed by atoms with Crippen LogP contribution in [-0.2, 0) is 11.3 Å². The molecule has 4 rings (SSSR count). The molecule has 0 fully saturated rings. The zero-order valence-corrected chi connectivity index (χ0v) is 17.1. The van der Waals surface area contributed by atoms with E-state index < -0.39 is 0 Å². The van der Waals surface area contributed by atoms with Gasteiger partial charge in [-0.25, -0.2) is 15.3 Å². The number of hydrogen-bond acceptors (Lipinski definition) is 6. The summed E-state index contributed by atoms with van der Waals surface area (Å²) in [5.41, 5.74) is 7.45. The van der Waals surface area contributed by atoms with Gasteiger partial charge in [-0.1, -0.05) is 42.5 Å². The Hall–Kier alpha value is -2.96. The fourth-order valence-electron chi connectivity index (χ4n) is 3.04. The lowest BCUT2D eigenvalue weighted by atomic mass is 10.1. The van der Waals surface area contributed by atoms with Gasteiger partial charge in [-0.3, -0.25) is 0 Å². The molecule has 148 valence electrons. The highest BCUT2D eigenvalue weighted by molar-refractivity contribution is 8.00. The molecular formula is C23H24N4OS. The second-order valence-electron chi connectivity index (χ2n) is 6.74. The van der Waals surface area contributed by atoms with Crippen molar-refractivity contribution >= 4 is 29.2 Å². The minimum absolute atomic E-state index is 0.162. The van der Waals surface area contributed by atoms with Gasteiger partial charge in [0.05, 0.1) is 0 Å². The number of nitrogens with zero attached hydrogens (tertiary/aromatic N) is 1. The second kappa shape index (κ2) is 9.49. The molecule has 0 amide bonds. The van der Waals surface area contributed by atoms with E-state index in [4.69, 9.17) is 9.83 Å². The van der Waals surface area contributed by atoms with Crippen molar-refractivity contribution in [3.63, 3.8) is 0 Å². The number of anilines is 2. The summed E-state index contributed by atoms with van der Waals surface area (Å²) in [5.74, 6) is 0.781. The quantitative estimate of drug-likeness (QED) is 0.457. The molecule has 0 bridgehead atoms. The standard InChI is InChI=1S/C23H24N4OS/c1-24-19-11-13-20(14-12-19)27-29-21-9-5-8-18(16-21)23-25-22(28-26-23)15-10-17-6-3-2-4-7-17/h2-9,11-14,16,22,24,27H,10,15H2,1H3,(H,25,26). The van der Waals surface area contributed by atoms with E-state index >= 15 is 0 Å². The van der Waals surface area contributed by atoms with Gasteiger partial charge < -0.3 is 10.0 Å². The highest BCUT2D eigenvalue weighted by atomic mass is 32.2. The van der Waals surface area contributed by atoms with Crippen molar-refractivity contribution < 1.29 is 4.84 Å². The molecule has 3 N–H and O–H groups in total. The van der Waals surface area contributed by atoms with E-state index in [1.807, 2.05) is 37.4 Å². The predicted molar refractivity (Wildman–Crippen MR) is 121 cm³/mol. The number of benzene rings is 3. The molecule has 6 heteroatoms. The zero-order chi connectivity index (χ0) is 19.9. The SMILES string of the molecule is CNc1ccc(NSc2cccc(C3=NC(CCc4ccccc4)ON3)c2)cc1. The average molecular weight is 405 g/mol. The monoisotopic (exact) mass is 404 g/mol. The van der Waals surface area contributed by atoms with Gasteiger partial charge in [-0.15, -0.1) is 0 Å². The Balaban J connectivity index is 1.35. The zero-order valence-electron chi connectivity index (χ0n) is 16.3. The molecule has 3 aromatic carbocycles. The van der Waals surface area contributed by atoms with Crippen molar-refractivity contribution in [2.45, 2.75) is 24.0 Å². The van der Waals surface area contributed by atoms with E-state index in [0.29, 0.717) is 0 Å². The van der Waals surface area contributed by atoms with Crippen LogP contribution >= 0.6 is 11.9 Å². The molecule has 1 aliphatic rings. The molecule has 29 heavy (non-hydrogen) atoms. The van der Waals surface area contributed by atoms with Gasteiger partial charge in [0.25, 0.3) is 0 Å². The summed E-state index contributed by atoms with van der Waals surface area (Å²) in [6.07, 6.45) is 1.63. The van der Waals surface area contributed by atoms with Gasteiger partial charge in [0.15, 0.2) is 12.1 Å². The molecule has 1 unspecified atom stereocenters. The van der Waals surface area contributed by atoms with Gasteiger partial charge in [0.2, 0.25) is 0 Å². The van der Waals surface area contributed by atoms with Crippen LogP contribution in [0.1, 0.15) is 17.5 Å². The smallest absolute Gasteiger partial charge is 0.177 e. The molecular weight excluding hydrogens is 380 g/mol. The molecule has 0 aliphatic carbocycles. The number of rotatable bonds is 8. The van der Waals surface area contributed by atoms with Crippen molar-refractivity contribution in [1.82, 2.24) is 5.48 Å². The molecule has 3 aromatic rings. The van der Waals surface area contributed by atoms with Crippen LogP contribution < -0.4 is 15.5 Å². The number of aryl methyl sites for hydroxylation is 1. The largest absolute Gasteiger partial charge is 0.388 e. The van der Waals surface area contributed by atoms with Crippen molar-refractivity contribution in [3.05, 3.63) is 90.0 Å². The van der Waals surface area contributed by atoms with E-state index in [2.05, 4.69) is 64.0 Å². The summed E-state index contributed by atoms with van der Waals surface area (Å²) in [5, 5.41) is 3.12. The first-order valence-electron chi connectivity index (χ1n) is 9.65. The third kappa shape index (κ3) is 5.31. The van der Waals surface area contributed by atoms with E-state index in [1.165, 1.54) is 5.56 Å². The molecule has 0 saturated carbocycles. The lowest BCUT2D eigenvalue weighted by molar-refractivity contribution is 0.0336. The van der Waals surface area contributed by atoms with E-state index in [-0.39, 0.29) is 6.23 Å². The molecule has 0 radical (unpaired) electrons. The molecule has 1 heterocycles. The van der Waals surface area contributed by atoms with Crippen LogP contribution in [0.2, 0.25) is 0 Å². The van der Waals surface area contributed by atoms with E-state index in [0.717, 1.165) is 40.5 Å². The van der Waals surface area contributed by atoms with Gasteiger partial charge in [-0.05, 0) is 60.3 Å². The molecule has 0 aromatic heterocycles. The maximum Gasteiger partial charge on any atom is 0.177 e. The minimum atomic E-state index is -0.162. The lowest BCUT2D eigenvalue weighted by Crippen LogP contribution is -2.19. The lowest BCUT2D eigenvalue weighted by Gasteiger charge is -2.08. The first-order valence-corrected chi connectivity index (χ1v) is 10.5. The summed E-state index contributed by atoms with van der Waals surface area (Å²) in [6.45, 7) is 0. The highest BCUT2D eigenvalue weighted by Crippen LogP contribution is 2.24. The Morgan fingerprint density at radius 2 is 1.76 bits per heavy atom.